The molecule has 4 rings (SSSR count). The SMILES string of the molecule is CC1CN(c2ncnc3c(Sc4ccccc4)c(N)[nH]c23)CCO1. The Labute approximate surface area is 144 Å². The maximum atomic E-state index is 6.24. The van der Waals surface area contributed by atoms with E-state index in [1.165, 1.54) is 0 Å². The summed E-state index contributed by atoms with van der Waals surface area (Å²) in [4.78, 5) is 16.5. The van der Waals surface area contributed by atoms with Crippen LogP contribution in [0.5, 0.6) is 0 Å². The van der Waals surface area contributed by atoms with E-state index in [2.05, 4.69) is 38.9 Å². The monoisotopic (exact) mass is 341 g/mol. The highest BCUT2D eigenvalue weighted by Crippen LogP contribution is 2.39. The molecule has 0 amide bonds. The molecule has 1 aliphatic heterocycles. The first-order valence-corrected chi connectivity index (χ1v) is 8.75. The van der Waals surface area contributed by atoms with Crippen molar-refractivity contribution in [3.05, 3.63) is 36.7 Å². The van der Waals surface area contributed by atoms with Gasteiger partial charge in [-0.25, -0.2) is 9.97 Å². The van der Waals surface area contributed by atoms with Crippen LogP contribution in [0.1, 0.15) is 6.92 Å². The average molecular weight is 341 g/mol. The zero-order chi connectivity index (χ0) is 16.5. The molecule has 24 heavy (non-hydrogen) atoms. The lowest BCUT2D eigenvalue weighted by atomic mass is 10.3. The summed E-state index contributed by atoms with van der Waals surface area (Å²) in [5, 5.41) is 0. The second-order valence-corrected chi connectivity index (χ2v) is 6.91. The standard InChI is InChI=1S/C17H19N5OS/c1-11-9-22(7-8-23-11)17-14-13(19-10-20-17)15(16(18)21-14)24-12-5-3-2-4-6-12/h2-6,10-11,21H,7-9,18H2,1H3. The first-order valence-electron chi connectivity index (χ1n) is 7.94. The number of hydrogen-bond donors (Lipinski definition) is 2. The Hall–Kier alpha value is -2.25. The van der Waals surface area contributed by atoms with E-state index in [0.29, 0.717) is 12.4 Å². The number of fused-ring (bicyclic) bond motifs is 1. The summed E-state index contributed by atoms with van der Waals surface area (Å²) in [5.74, 6) is 1.52. The molecule has 1 aliphatic rings. The second-order valence-electron chi connectivity index (χ2n) is 5.83. The Balaban J connectivity index is 1.75. The molecular weight excluding hydrogens is 322 g/mol. The van der Waals surface area contributed by atoms with Crippen LogP contribution < -0.4 is 10.6 Å². The number of aromatic amines is 1. The summed E-state index contributed by atoms with van der Waals surface area (Å²) >= 11 is 1.62. The maximum Gasteiger partial charge on any atom is 0.156 e. The van der Waals surface area contributed by atoms with Gasteiger partial charge in [-0.05, 0) is 19.1 Å². The Kier molecular flexibility index (Phi) is 4.03. The van der Waals surface area contributed by atoms with E-state index in [1.54, 1.807) is 18.1 Å². The molecule has 3 heterocycles. The van der Waals surface area contributed by atoms with E-state index < -0.39 is 0 Å². The third kappa shape index (κ3) is 2.81. The van der Waals surface area contributed by atoms with Gasteiger partial charge in [-0.2, -0.15) is 0 Å². The van der Waals surface area contributed by atoms with Crippen molar-refractivity contribution in [2.24, 2.45) is 0 Å². The normalized spacial score (nSPS) is 18.2. The third-order valence-corrected chi connectivity index (χ3v) is 5.18. The summed E-state index contributed by atoms with van der Waals surface area (Å²) in [6.45, 7) is 4.40. The topological polar surface area (TPSA) is 80.1 Å². The molecule has 0 bridgehead atoms. The lowest BCUT2D eigenvalue weighted by molar-refractivity contribution is 0.0530. The van der Waals surface area contributed by atoms with E-state index in [-0.39, 0.29) is 6.10 Å². The van der Waals surface area contributed by atoms with Gasteiger partial charge in [0.1, 0.15) is 23.2 Å². The van der Waals surface area contributed by atoms with Crippen LogP contribution in [-0.2, 0) is 4.74 Å². The number of morpholine rings is 1. The van der Waals surface area contributed by atoms with E-state index in [0.717, 1.165) is 39.7 Å². The van der Waals surface area contributed by atoms with Crippen molar-refractivity contribution in [2.75, 3.05) is 30.3 Å². The van der Waals surface area contributed by atoms with Gasteiger partial charge in [-0.15, -0.1) is 0 Å². The van der Waals surface area contributed by atoms with Gasteiger partial charge in [0.25, 0.3) is 0 Å². The van der Waals surface area contributed by atoms with Gasteiger partial charge >= 0.3 is 0 Å². The number of nitrogens with two attached hydrogens (primary N) is 1. The summed E-state index contributed by atoms with van der Waals surface area (Å²) in [7, 11) is 0. The van der Waals surface area contributed by atoms with Crippen molar-refractivity contribution in [1.29, 1.82) is 0 Å². The number of H-pyrrole nitrogens is 1. The predicted molar refractivity (Wildman–Crippen MR) is 96.5 cm³/mol. The fourth-order valence-corrected chi connectivity index (χ4v) is 3.88. The fourth-order valence-electron chi connectivity index (χ4n) is 2.94. The largest absolute Gasteiger partial charge is 0.384 e. The number of anilines is 2. The molecule has 6 nitrogen and oxygen atoms in total. The first kappa shape index (κ1) is 15.3. The molecule has 124 valence electrons. The predicted octanol–water partition coefficient (Wildman–Crippen LogP) is 2.92. The van der Waals surface area contributed by atoms with Gasteiger partial charge in [0.15, 0.2) is 5.82 Å². The Morgan fingerprint density at radius 2 is 2.12 bits per heavy atom. The van der Waals surface area contributed by atoms with Crippen LogP contribution in [0.2, 0.25) is 0 Å². The van der Waals surface area contributed by atoms with E-state index in [9.17, 15) is 0 Å². The van der Waals surface area contributed by atoms with Crippen molar-refractivity contribution >= 4 is 34.4 Å². The van der Waals surface area contributed by atoms with Crippen LogP contribution in [0.4, 0.5) is 11.6 Å². The van der Waals surface area contributed by atoms with Crippen LogP contribution in [0.15, 0.2) is 46.5 Å². The number of benzene rings is 1. The van der Waals surface area contributed by atoms with Crippen LogP contribution in [0.3, 0.4) is 0 Å². The number of rotatable bonds is 3. The van der Waals surface area contributed by atoms with Crippen molar-refractivity contribution in [2.45, 2.75) is 22.8 Å². The highest BCUT2D eigenvalue weighted by atomic mass is 32.2. The quantitative estimate of drug-likeness (QED) is 0.762. The van der Waals surface area contributed by atoms with Crippen molar-refractivity contribution in [3.8, 4) is 0 Å². The van der Waals surface area contributed by atoms with Crippen LogP contribution in [0, 0.1) is 0 Å². The molecule has 1 atom stereocenters. The van der Waals surface area contributed by atoms with Gasteiger partial charge in [0, 0.05) is 18.0 Å². The smallest absolute Gasteiger partial charge is 0.156 e. The minimum atomic E-state index is 0.189. The molecule has 0 aliphatic carbocycles. The zero-order valence-corrected chi connectivity index (χ0v) is 14.2. The molecule has 1 fully saturated rings. The van der Waals surface area contributed by atoms with Gasteiger partial charge in [-0.1, -0.05) is 30.0 Å². The maximum absolute atomic E-state index is 6.24. The van der Waals surface area contributed by atoms with Crippen molar-refractivity contribution in [1.82, 2.24) is 15.0 Å². The number of ether oxygens (including phenoxy) is 1. The van der Waals surface area contributed by atoms with Gasteiger partial charge in [0.2, 0.25) is 0 Å². The average Bonchev–Trinajstić information content (AvgIpc) is 2.91. The lowest BCUT2D eigenvalue weighted by Gasteiger charge is -2.32. The zero-order valence-electron chi connectivity index (χ0n) is 13.4. The van der Waals surface area contributed by atoms with Gasteiger partial charge in [-0.3, -0.25) is 0 Å². The number of nitrogens with one attached hydrogen (secondary N) is 1. The minimum absolute atomic E-state index is 0.189. The Morgan fingerprint density at radius 3 is 2.92 bits per heavy atom. The van der Waals surface area contributed by atoms with Gasteiger partial charge < -0.3 is 20.4 Å². The molecule has 1 aromatic carbocycles. The summed E-state index contributed by atoms with van der Waals surface area (Å²) in [6, 6.07) is 10.2. The summed E-state index contributed by atoms with van der Waals surface area (Å²) in [6.07, 6.45) is 1.80. The first-order chi connectivity index (χ1) is 11.7. The Bertz CT molecular complexity index is 851. The molecule has 2 aromatic heterocycles. The van der Waals surface area contributed by atoms with Crippen LogP contribution in [-0.4, -0.2) is 40.8 Å². The van der Waals surface area contributed by atoms with E-state index in [1.807, 2.05) is 18.2 Å². The van der Waals surface area contributed by atoms with Crippen LogP contribution >= 0.6 is 11.8 Å². The molecule has 1 saturated heterocycles. The third-order valence-electron chi connectivity index (χ3n) is 4.05. The highest BCUT2D eigenvalue weighted by Gasteiger charge is 2.23. The van der Waals surface area contributed by atoms with Crippen LogP contribution in [0.25, 0.3) is 11.0 Å². The van der Waals surface area contributed by atoms with E-state index in [4.69, 9.17) is 10.5 Å². The molecule has 0 radical (unpaired) electrons. The highest BCUT2D eigenvalue weighted by molar-refractivity contribution is 7.99. The molecule has 3 N–H and O–H groups in total. The number of hydrogen-bond acceptors (Lipinski definition) is 6. The molecule has 0 saturated carbocycles. The van der Waals surface area contributed by atoms with Crippen molar-refractivity contribution < 1.29 is 4.74 Å². The molecular formula is C17H19N5OS. The van der Waals surface area contributed by atoms with E-state index >= 15 is 0 Å². The summed E-state index contributed by atoms with van der Waals surface area (Å²) < 4.78 is 5.63. The summed E-state index contributed by atoms with van der Waals surface area (Å²) in [5.41, 5.74) is 8.00. The molecule has 7 heteroatoms. The number of nitrogen functional groups attached to an aromatic ring is 1. The number of aromatic nitrogens is 3. The Morgan fingerprint density at radius 1 is 1.29 bits per heavy atom. The lowest BCUT2D eigenvalue weighted by Crippen LogP contribution is -2.41. The number of nitrogens with zero attached hydrogens (tertiary/aromatic N) is 3. The minimum Gasteiger partial charge on any atom is -0.384 e. The molecule has 0 spiro atoms. The second kappa shape index (κ2) is 6.33. The fraction of sp³-hybridized carbons (Fsp3) is 0.294. The van der Waals surface area contributed by atoms with Crippen molar-refractivity contribution in [3.63, 3.8) is 0 Å². The molecule has 1 unspecified atom stereocenters. The molecule has 3 aromatic rings. The van der Waals surface area contributed by atoms with Gasteiger partial charge in [0.05, 0.1) is 17.6 Å².